The molecule has 0 bridgehead atoms. The number of morpholine rings is 1. The number of aliphatic hydroxyl groups excluding tert-OH is 1. The molecule has 1 aromatic carbocycles. The summed E-state index contributed by atoms with van der Waals surface area (Å²) < 4.78 is 19.1. The van der Waals surface area contributed by atoms with E-state index in [2.05, 4.69) is 20.5 Å². The minimum Gasteiger partial charge on any atom is -0.456 e. The Balaban J connectivity index is 1.24. The monoisotopic (exact) mass is 624 g/mol. The van der Waals surface area contributed by atoms with Crippen molar-refractivity contribution in [3.8, 4) is 11.1 Å². The van der Waals surface area contributed by atoms with Crippen LogP contribution in [-0.2, 0) is 11.2 Å². The van der Waals surface area contributed by atoms with Crippen LogP contribution in [0.5, 0.6) is 0 Å². The predicted molar refractivity (Wildman–Crippen MR) is 169 cm³/mol. The Kier molecular flexibility index (Phi) is 6.95. The highest BCUT2D eigenvalue weighted by Crippen LogP contribution is 2.37. The standard InChI is InChI=1S/C32H32N8O6/c33-30(43)26-22(37-32(40-16-35-38-31(26)40)36-21-3-1-2-4-23(21)41)13-17-11-18-5-6-34-27(18)19(12-17)20-15-45-29-24(42)14-25(46-28(20)29)39-7-9-44-10-8-39/h5-6,11-12,14-16,21,23,34,41H,1-4,7-10,13H2,(H2,33,43)(H,36,37)/t21-,23+/m1/s1. The molecule has 14 nitrogen and oxygen atoms in total. The summed E-state index contributed by atoms with van der Waals surface area (Å²) in [5.41, 5.74) is 9.99. The van der Waals surface area contributed by atoms with Crippen molar-refractivity contribution >= 4 is 45.5 Å². The first-order chi connectivity index (χ1) is 22.4. The highest BCUT2D eigenvalue weighted by Gasteiger charge is 2.27. The van der Waals surface area contributed by atoms with Crippen molar-refractivity contribution in [2.45, 2.75) is 44.2 Å². The summed E-state index contributed by atoms with van der Waals surface area (Å²) in [5, 5.41) is 23.1. The number of nitrogens with two attached hydrogens (primary N) is 1. The van der Waals surface area contributed by atoms with Crippen LogP contribution in [0.2, 0.25) is 0 Å². The Morgan fingerprint density at radius 2 is 1.98 bits per heavy atom. The number of aliphatic hydroxyl groups is 1. The fraction of sp³-hybridized carbons (Fsp3) is 0.344. The fourth-order valence-electron chi connectivity index (χ4n) is 6.65. The minimum atomic E-state index is -0.675. The van der Waals surface area contributed by atoms with E-state index in [0.29, 0.717) is 61.4 Å². The van der Waals surface area contributed by atoms with Crippen molar-refractivity contribution < 1.29 is 23.5 Å². The maximum atomic E-state index is 13.1. The Morgan fingerprint density at radius 3 is 2.80 bits per heavy atom. The summed E-state index contributed by atoms with van der Waals surface area (Å²) in [6.07, 6.45) is 8.00. The predicted octanol–water partition coefficient (Wildman–Crippen LogP) is 3.21. The van der Waals surface area contributed by atoms with Crippen LogP contribution in [0, 0.1) is 0 Å². The van der Waals surface area contributed by atoms with Gasteiger partial charge in [-0.1, -0.05) is 12.8 Å². The van der Waals surface area contributed by atoms with E-state index in [9.17, 15) is 14.7 Å². The van der Waals surface area contributed by atoms with Crippen LogP contribution in [0.25, 0.3) is 38.8 Å². The van der Waals surface area contributed by atoms with Crippen molar-refractivity contribution in [1.29, 1.82) is 0 Å². The van der Waals surface area contributed by atoms with Crippen molar-refractivity contribution in [3.63, 3.8) is 0 Å². The number of nitrogens with zero attached hydrogens (tertiary/aromatic N) is 5. The van der Waals surface area contributed by atoms with Crippen LogP contribution in [-0.4, -0.2) is 74.0 Å². The van der Waals surface area contributed by atoms with E-state index in [-0.39, 0.29) is 34.7 Å². The number of H-pyrrole nitrogens is 1. The lowest BCUT2D eigenvalue weighted by atomic mass is 9.93. The van der Waals surface area contributed by atoms with E-state index in [4.69, 9.17) is 24.3 Å². The zero-order valence-electron chi connectivity index (χ0n) is 24.9. The molecule has 6 heterocycles. The highest BCUT2D eigenvalue weighted by atomic mass is 16.5. The van der Waals surface area contributed by atoms with Crippen molar-refractivity contribution in [3.05, 3.63) is 70.1 Å². The number of hydrogen-bond donors (Lipinski definition) is 4. The number of hydrogen-bond acceptors (Lipinski definition) is 11. The number of furan rings is 1. The van der Waals surface area contributed by atoms with Crippen molar-refractivity contribution in [2.75, 3.05) is 36.5 Å². The normalized spacial score (nSPS) is 18.9. The number of fused-ring (bicyclic) bond motifs is 3. The Bertz CT molecular complexity index is 2160. The van der Waals surface area contributed by atoms with Crippen LogP contribution in [0.15, 0.2) is 56.7 Å². The van der Waals surface area contributed by atoms with Crippen LogP contribution in [0.4, 0.5) is 11.8 Å². The molecule has 46 heavy (non-hydrogen) atoms. The number of amides is 1. The maximum Gasteiger partial charge on any atom is 0.254 e. The molecule has 0 spiro atoms. The molecule has 1 amide bonds. The molecule has 1 saturated carbocycles. The van der Waals surface area contributed by atoms with E-state index in [0.717, 1.165) is 41.3 Å². The molecule has 2 atom stereocenters. The third-order valence-corrected chi connectivity index (χ3v) is 8.95. The Labute approximate surface area is 261 Å². The lowest BCUT2D eigenvalue weighted by Gasteiger charge is -2.29. The van der Waals surface area contributed by atoms with Gasteiger partial charge in [0.15, 0.2) is 17.1 Å². The van der Waals surface area contributed by atoms with Gasteiger partial charge in [0.05, 0.1) is 48.2 Å². The number of aromatic nitrogens is 5. The fourth-order valence-corrected chi connectivity index (χ4v) is 6.65. The summed E-state index contributed by atoms with van der Waals surface area (Å²) in [6.45, 7) is 2.32. The second-order valence-corrected chi connectivity index (χ2v) is 11.9. The summed E-state index contributed by atoms with van der Waals surface area (Å²) in [5.74, 6) is 0.209. The average molecular weight is 625 g/mol. The molecule has 8 rings (SSSR count). The molecule has 2 fully saturated rings. The molecule has 1 aliphatic carbocycles. The van der Waals surface area contributed by atoms with Gasteiger partial charge in [-0.2, -0.15) is 0 Å². The van der Waals surface area contributed by atoms with Gasteiger partial charge in [-0.25, -0.2) is 4.98 Å². The van der Waals surface area contributed by atoms with Crippen LogP contribution >= 0.6 is 0 Å². The van der Waals surface area contributed by atoms with Crippen molar-refractivity contribution in [2.24, 2.45) is 5.73 Å². The number of carbonyl (C=O) groups is 1. The largest absolute Gasteiger partial charge is 0.456 e. The van der Waals surface area contributed by atoms with Gasteiger partial charge in [0.2, 0.25) is 17.0 Å². The third kappa shape index (κ3) is 4.86. The maximum absolute atomic E-state index is 13.1. The number of aromatic amines is 1. The minimum absolute atomic E-state index is 0.132. The van der Waals surface area contributed by atoms with Gasteiger partial charge in [0.25, 0.3) is 5.91 Å². The zero-order valence-corrected chi connectivity index (χ0v) is 24.9. The number of anilines is 2. The molecule has 0 unspecified atom stereocenters. The first-order valence-electron chi connectivity index (χ1n) is 15.4. The lowest BCUT2D eigenvalue weighted by Crippen LogP contribution is -2.37. The quantitative estimate of drug-likeness (QED) is 0.204. The smallest absolute Gasteiger partial charge is 0.254 e. The van der Waals surface area contributed by atoms with Gasteiger partial charge in [-0.3, -0.25) is 14.0 Å². The molecule has 6 aromatic rings. The molecule has 1 saturated heterocycles. The third-order valence-electron chi connectivity index (χ3n) is 8.95. The van der Waals surface area contributed by atoms with Crippen LogP contribution < -0.4 is 21.4 Å². The molecule has 236 valence electrons. The van der Waals surface area contributed by atoms with Gasteiger partial charge in [0.1, 0.15) is 18.2 Å². The van der Waals surface area contributed by atoms with Gasteiger partial charge in [0, 0.05) is 36.7 Å². The highest BCUT2D eigenvalue weighted by molar-refractivity contribution is 6.02. The Hall–Kier alpha value is -5.21. The molecule has 2 aliphatic rings. The molecule has 1 aliphatic heterocycles. The Morgan fingerprint density at radius 1 is 1.13 bits per heavy atom. The van der Waals surface area contributed by atoms with Gasteiger partial charge < -0.3 is 39.6 Å². The summed E-state index contributed by atoms with van der Waals surface area (Å²) in [6, 6.07) is 7.17. The van der Waals surface area contributed by atoms with E-state index < -0.39 is 12.0 Å². The topological polar surface area (TPSA) is 190 Å². The SMILES string of the molecule is NC(=O)c1c(Cc2cc(-c3coc4c(=O)cc(N5CCOCC5)oc34)c3[nH]ccc3c2)nc(N[C@@H]2CCCC[C@@H]2O)n2cnnc12. The second-order valence-electron chi connectivity index (χ2n) is 11.9. The number of rotatable bonds is 7. The number of carbonyl (C=O) groups excluding carboxylic acids is 1. The zero-order chi connectivity index (χ0) is 31.4. The van der Waals surface area contributed by atoms with Crippen LogP contribution in [0.1, 0.15) is 47.3 Å². The lowest BCUT2D eigenvalue weighted by molar-refractivity contribution is 0.0999. The molecule has 0 radical (unpaired) electrons. The van der Waals surface area contributed by atoms with Gasteiger partial charge >= 0.3 is 0 Å². The number of ether oxygens (including phenoxy) is 1. The number of primary amides is 1. The van der Waals surface area contributed by atoms with Crippen molar-refractivity contribution in [1.82, 2.24) is 24.6 Å². The molecule has 5 N–H and O–H groups in total. The first kappa shape index (κ1) is 28.3. The van der Waals surface area contributed by atoms with E-state index in [1.54, 1.807) is 4.40 Å². The summed E-state index contributed by atoms with van der Waals surface area (Å²) in [4.78, 5) is 36.0. The molecule has 14 heteroatoms. The summed E-state index contributed by atoms with van der Waals surface area (Å²) in [7, 11) is 0. The van der Waals surface area contributed by atoms with Gasteiger partial charge in [-0.15, -0.1) is 10.2 Å². The van der Waals surface area contributed by atoms with Gasteiger partial charge in [-0.05, 0) is 36.6 Å². The average Bonchev–Trinajstić information content (AvgIpc) is 3.82. The molecular weight excluding hydrogens is 592 g/mol. The number of benzene rings is 1. The molecular formula is C32H32N8O6. The van der Waals surface area contributed by atoms with Crippen LogP contribution in [0.3, 0.4) is 0 Å². The van der Waals surface area contributed by atoms with E-state index in [1.807, 2.05) is 29.3 Å². The molecule has 5 aromatic heterocycles. The summed E-state index contributed by atoms with van der Waals surface area (Å²) >= 11 is 0. The van der Waals surface area contributed by atoms with E-state index in [1.165, 1.54) is 18.7 Å². The van der Waals surface area contributed by atoms with E-state index >= 15 is 0 Å². The number of nitrogens with one attached hydrogen (secondary N) is 2. The first-order valence-corrected chi connectivity index (χ1v) is 15.4. The second kappa shape index (κ2) is 11.3.